The fourth-order valence-corrected chi connectivity index (χ4v) is 2.10. The maximum Gasteiger partial charge on any atom is 0.325 e. The molecule has 2 aromatic rings. The number of furan rings is 1. The summed E-state index contributed by atoms with van der Waals surface area (Å²) < 4.78 is 10.2. The van der Waals surface area contributed by atoms with Gasteiger partial charge in [0.15, 0.2) is 11.6 Å². The van der Waals surface area contributed by atoms with Crippen molar-refractivity contribution in [3.63, 3.8) is 0 Å². The molecule has 0 spiro atoms. The van der Waals surface area contributed by atoms with E-state index in [9.17, 15) is 9.59 Å². The predicted octanol–water partition coefficient (Wildman–Crippen LogP) is 1.41. The molecular formula is C13H14N4O4. The average Bonchev–Trinajstić information content (AvgIpc) is 3.14. The van der Waals surface area contributed by atoms with E-state index in [4.69, 9.17) is 8.94 Å². The molecule has 3 rings (SSSR count). The maximum atomic E-state index is 12.1. The van der Waals surface area contributed by atoms with E-state index in [1.54, 1.807) is 12.1 Å². The molecule has 0 unspecified atom stereocenters. The number of hydrogen-bond donors (Lipinski definition) is 1. The van der Waals surface area contributed by atoms with E-state index in [0.29, 0.717) is 5.76 Å². The number of nitrogens with one attached hydrogen (secondary N) is 1. The normalized spacial score (nSPS) is 18.6. The van der Waals surface area contributed by atoms with Crippen molar-refractivity contribution in [3.8, 4) is 11.7 Å². The molecule has 3 amide bonds. The highest BCUT2D eigenvalue weighted by Gasteiger charge is 2.40. The van der Waals surface area contributed by atoms with Crippen molar-refractivity contribution in [3.05, 3.63) is 24.2 Å². The minimum Gasteiger partial charge on any atom is -0.459 e. The Kier molecular flexibility index (Phi) is 3.20. The fourth-order valence-electron chi connectivity index (χ4n) is 2.10. The molecule has 3 heterocycles. The van der Waals surface area contributed by atoms with Crippen LogP contribution in [0.4, 0.5) is 4.79 Å². The quantitative estimate of drug-likeness (QED) is 0.854. The van der Waals surface area contributed by atoms with Gasteiger partial charge in [-0.25, -0.2) is 4.79 Å². The smallest absolute Gasteiger partial charge is 0.325 e. The van der Waals surface area contributed by atoms with Gasteiger partial charge in [-0.1, -0.05) is 19.0 Å². The highest BCUT2D eigenvalue weighted by molar-refractivity contribution is 6.04. The van der Waals surface area contributed by atoms with Crippen molar-refractivity contribution in [2.24, 2.45) is 5.92 Å². The van der Waals surface area contributed by atoms with Gasteiger partial charge in [-0.2, -0.15) is 4.98 Å². The number of rotatable bonds is 4. The summed E-state index contributed by atoms with van der Waals surface area (Å²) in [7, 11) is 0. The van der Waals surface area contributed by atoms with Crippen LogP contribution in [-0.4, -0.2) is 33.0 Å². The second-order valence-corrected chi connectivity index (χ2v) is 5.09. The Labute approximate surface area is 120 Å². The number of amides is 3. The summed E-state index contributed by atoms with van der Waals surface area (Å²) in [4.78, 5) is 29.2. The predicted molar refractivity (Wildman–Crippen MR) is 69.7 cm³/mol. The number of carbonyl (C=O) groups excluding carboxylic acids is 2. The van der Waals surface area contributed by atoms with Crippen LogP contribution in [0, 0.1) is 5.92 Å². The van der Waals surface area contributed by atoms with Crippen LogP contribution in [0.1, 0.15) is 19.7 Å². The summed E-state index contributed by atoms with van der Waals surface area (Å²) in [5.41, 5.74) is 0. The van der Waals surface area contributed by atoms with Crippen LogP contribution in [0.5, 0.6) is 0 Å². The molecule has 1 fully saturated rings. The number of aromatic nitrogens is 2. The maximum absolute atomic E-state index is 12.1. The zero-order chi connectivity index (χ0) is 15.0. The third kappa shape index (κ3) is 2.39. The van der Waals surface area contributed by atoms with Gasteiger partial charge in [-0.15, -0.1) is 0 Å². The molecule has 1 saturated heterocycles. The lowest BCUT2D eigenvalue weighted by atomic mass is 10.1. The minimum atomic E-state index is -0.506. The summed E-state index contributed by atoms with van der Waals surface area (Å²) in [5.74, 6) is 0.637. The fraction of sp³-hybridized carbons (Fsp3) is 0.385. The second-order valence-electron chi connectivity index (χ2n) is 5.09. The topological polar surface area (TPSA) is 101 Å². The van der Waals surface area contributed by atoms with Crippen LogP contribution < -0.4 is 5.32 Å². The monoisotopic (exact) mass is 290 g/mol. The zero-order valence-electron chi connectivity index (χ0n) is 11.6. The largest absolute Gasteiger partial charge is 0.459 e. The van der Waals surface area contributed by atoms with Crippen LogP contribution >= 0.6 is 0 Å². The third-order valence-electron chi connectivity index (χ3n) is 3.22. The molecule has 0 aromatic carbocycles. The number of carbonyl (C=O) groups is 2. The Bertz CT molecular complexity index is 662. The van der Waals surface area contributed by atoms with Crippen molar-refractivity contribution in [2.75, 3.05) is 0 Å². The van der Waals surface area contributed by atoms with Crippen LogP contribution in [0.2, 0.25) is 0 Å². The van der Waals surface area contributed by atoms with Crippen molar-refractivity contribution in [2.45, 2.75) is 26.4 Å². The van der Waals surface area contributed by atoms with E-state index in [1.807, 2.05) is 13.8 Å². The highest BCUT2D eigenvalue weighted by Crippen LogP contribution is 2.19. The Morgan fingerprint density at radius 1 is 1.43 bits per heavy atom. The van der Waals surface area contributed by atoms with Gasteiger partial charge in [0, 0.05) is 0 Å². The Morgan fingerprint density at radius 2 is 2.24 bits per heavy atom. The molecule has 1 N–H and O–H groups in total. The van der Waals surface area contributed by atoms with Gasteiger partial charge in [0.2, 0.25) is 0 Å². The summed E-state index contributed by atoms with van der Waals surface area (Å²) in [6.45, 7) is 3.71. The summed E-state index contributed by atoms with van der Waals surface area (Å²) >= 11 is 0. The number of imide groups is 1. The lowest BCUT2D eigenvalue weighted by Gasteiger charge is -2.12. The molecule has 0 aliphatic carbocycles. The Balaban J connectivity index is 1.75. The molecule has 8 heteroatoms. The van der Waals surface area contributed by atoms with Crippen molar-refractivity contribution in [1.29, 1.82) is 0 Å². The standard InChI is InChI=1S/C13H14N4O4/c1-7(2)10-12(18)17(13(19)15-10)6-9-14-11(21-16-9)8-4-3-5-20-8/h3-5,7,10H,6H2,1-2H3,(H,15,19)/t10-/m1/s1. The first kappa shape index (κ1) is 13.3. The van der Waals surface area contributed by atoms with E-state index in [-0.39, 0.29) is 30.1 Å². The molecule has 1 aliphatic heterocycles. The van der Waals surface area contributed by atoms with Gasteiger partial charge in [-0.3, -0.25) is 9.69 Å². The van der Waals surface area contributed by atoms with E-state index in [1.165, 1.54) is 6.26 Å². The van der Waals surface area contributed by atoms with E-state index in [0.717, 1.165) is 4.90 Å². The number of urea groups is 1. The lowest BCUT2D eigenvalue weighted by molar-refractivity contribution is -0.128. The molecule has 0 radical (unpaired) electrons. The first-order chi connectivity index (χ1) is 10.1. The van der Waals surface area contributed by atoms with Crippen LogP contribution in [0.3, 0.4) is 0 Å². The Morgan fingerprint density at radius 3 is 2.86 bits per heavy atom. The van der Waals surface area contributed by atoms with Crippen molar-refractivity contribution in [1.82, 2.24) is 20.4 Å². The van der Waals surface area contributed by atoms with E-state index >= 15 is 0 Å². The molecule has 1 atom stereocenters. The summed E-state index contributed by atoms with van der Waals surface area (Å²) in [6, 6.07) is 2.43. The van der Waals surface area contributed by atoms with Crippen LogP contribution in [-0.2, 0) is 11.3 Å². The van der Waals surface area contributed by atoms with Gasteiger partial charge < -0.3 is 14.3 Å². The van der Waals surface area contributed by atoms with Gasteiger partial charge in [0.05, 0.1) is 12.8 Å². The first-order valence-corrected chi connectivity index (χ1v) is 6.54. The van der Waals surface area contributed by atoms with Crippen LogP contribution in [0.15, 0.2) is 27.3 Å². The van der Waals surface area contributed by atoms with E-state index in [2.05, 4.69) is 15.5 Å². The highest BCUT2D eigenvalue weighted by atomic mass is 16.5. The van der Waals surface area contributed by atoms with Crippen LogP contribution in [0.25, 0.3) is 11.7 Å². The zero-order valence-corrected chi connectivity index (χ0v) is 11.6. The lowest BCUT2D eigenvalue weighted by Crippen LogP contribution is -2.34. The van der Waals surface area contributed by atoms with Crippen molar-refractivity contribution >= 4 is 11.9 Å². The van der Waals surface area contributed by atoms with Gasteiger partial charge in [0.1, 0.15) is 6.04 Å². The summed E-state index contributed by atoms with van der Waals surface area (Å²) in [6.07, 6.45) is 1.49. The molecule has 0 saturated carbocycles. The first-order valence-electron chi connectivity index (χ1n) is 6.54. The molecule has 1 aliphatic rings. The van der Waals surface area contributed by atoms with E-state index < -0.39 is 12.1 Å². The number of hydrogen-bond acceptors (Lipinski definition) is 6. The van der Waals surface area contributed by atoms with Gasteiger partial charge >= 0.3 is 6.03 Å². The Hall–Kier alpha value is -2.64. The SMILES string of the molecule is CC(C)[C@H]1NC(=O)N(Cc2noc(-c3ccco3)n2)C1=O. The molecule has 2 aromatic heterocycles. The molecular weight excluding hydrogens is 276 g/mol. The summed E-state index contributed by atoms with van der Waals surface area (Å²) in [5, 5.41) is 6.39. The molecule has 0 bridgehead atoms. The molecule has 110 valence electrons. The van der Waals surface area contributed by atoms with Crippen molar-refractivity contribution < 1.29 is 18.5 Å². The minimum absolute atomic E-state index is 0.0235. The second kappa shape index (κ2) is 5.04. The molecule has 8 nitrogen and oxygen atoms in total. The van der Waals surface area contributed by atoms with Gasteiger partial charge in [0.25, 0.3) is 11.8 Å². The third-order valence-corrected chi connectivity index (χ3v) is 3.22. The number of nitrogens with zero attached hydrogens (tertiary/aromatic N) is 3. The average molecular weight is 290 g/mol. The molecule has 21 heavy (non-hydrogen) atoms. The van der Waals surface area contributed by atoms with Gasteiger partial charge in [-0.05, 0) is 18.1 Å².